The van der Waals surface area contributed by atoms with Crippen LogP contribution in [0.5, 0.6) is 0 Å². The largest absolute Gasteiger partial charge is 0.325 e. The molecule has 0 fully saturated rings. The van der Waals surface area contributed by atoms with Crippen LogP contribution in [0.3, 0.4) is 0 Å². The Balaban J connectivity index is 1.48. The van der Waals surface area contributed by atoms with Crippen LogP contribution in [0.1, 0.15) is 22.8 Å². The number of carbonyl (C=O) groups excluding carboxylic acids is 2. The number of benzene rings is 4. The van der Waals surface area contributed by atoms with Crippen molar-refractivity contribution in [2.24, 2.45) is 0 Å². The van der Waals surface area contributed by atoms with Crippen LogP contribution < -0.4 is 5.32 Å². The molecule has 0 atom stereocenters. The first kappa shape index (κ1) is 23.5. The Bertz CT molecular complexity index is 1570. The molecule has 0 aliphatic carbocycles. The first-order chi connectivity index (χ1) is 17.5. The molecule has 0 unspecified atom stereocenters. The molecule has 4 aromatic carbocycles. The first-order valence-corrected chi connectivity index (χ1v) is 12.5. The van der Waals surface area contributed by atoms with Gasteiger partial charge in [-0.1, -0.05) is 90.1 Å². The zero-order chi connectivity index (χ0) is 25.1. The van der Waals surface area contributed by atoms with Crippen LogP contribution >= 0.6 is 11.8 Å². The van der Waals surface area contributed by atoms with Crippen molar-refractivity contribution in [3.8, 4) is 17.1 Å². The number of rotatable bonds is 7. The van der Waals surface area contributed by atoms with Crippen molar-refractivity contribution in [3.05, 3.63) is 102 Å². The second-order valence-electron chi connectivity index (χ2n) is 8.48. The minimum atomic E-state index is -0.190. The fourth-order valence-electron chi connectivity index (χ4n) is 4.02. The number of ketones is 1. The molecule has 1 aromatic heterocycles. The molecule has 1 heterocycles. The number of nitrogens with one attached hydrogen (secondary N) is 1. The van der Waals surface area contributed by atoms with Gasteiger partial charge in [-0.15, -0.1) is 10.2 Å². The second-order valence-corrected chi connectivity index (χ2v) is 9.42. The predicted octanol–water partition coefficient (Wildman–Crippen LogP) is 6.33. The maximum atomic E-state index is 12.8. The van der Waals surface area contributed by atoms with E-state index in [9.17, 15) is 9.59 Å². The van der Waals surface area contributed by atoms with Crippen LogP contribution in [0.4, 0.5) is 5.69 Å². The smallest absolute Gasteiger partial charge is 0.234 e. The van der Waals surface area contributed by atoms with Gasteiger partial charge in [-0.05, 0) is 37.4 Å². The highest BCUT2D eigenvalue weighted by molar-refractivity contribution is 7.99. The standard InChI is InChI=1S/C29H24N4O2S/c1-19-13-15-22(16-14-19)28-31-32-29(33(28)26-12-6-8-21-7-3-4-11-25(21)26)36-18-27(35)30-24-10-5-9-23(17-24)20(2)34/h3-17H,18H2,1-2H3,(H,30,35). The van der Waals surface area contributed by atoms with E-state index in [-0.39, 0.29) is 17.4 Å². The van der Waals surface area contributed by atoms with Crippen LogP contribution in [0.2, 0.25) is 0 Å². The lowest BCUT2D eigenvalue weighted by Gasteiger charge is -2.13. The number of aromatic nitrogens is 3. The van der Waals surface area contributed by atoms with E-state index in [4.69, 9.17) is 0 Å². The summed E-state index contributed by atoms with van der Waals surface area (Å²) in [5.74, 6) is 0.613. The van der Waals surface area contributed by atoms with Crippen LogP contribution in [0.15, 0.2) is 96.2 Å². The van der Waals surface area contributed by atoms with Gasteiger partial charge in [-0.2, -0.15) is 0 Å². The quantitative estimate of drug-likeness (QED) is 0.212. The highest BCUT2D eigenvalue weighted by Gasteiger charge is 2.19. The van der Waals surface area contributed by atoms with Crippen molar-refractivity contribution in [3.63, 3.8) is 0 Å². The summed E-state index contributed by atoms with van der Waals surface area (Å²) in [5, 5.41) is 14.7. The minimum Gasteiger partial charge on any atom is -0.325 e. The second kappa shape index (κ2) is 10.2. The normalized spacial score (nSPS) is 10.9. The molecule has 0 saturated heterocycles. The zero-order valence-electron chi connectivity index (χ0n) is 19.9. The highest BCUT2D eigenvalue weighted by atomic mass is 32.2. The molecule has 36 heavy (non-hydrogen) atoms. The number of aryl methyl sites for hydroxylation is 1. The molecule has 6 nitrogen and oxygen atoms in total. The van der Waals surface area contributed by atoms with Crippen LogP contribution in [0.25, 0.3) is 27.8 Å². The fourth-order valence-corrected chi connectivity index (χ4v) is 4.76. The van der Waals surface area contributed by atoms with E-state index in [2.05, 4.69) is 33.7 Å². The third-order valence-electron chi connectivity index (χ3n) is 5.84. The van der Waals surface area contributed by atoms with Crippen molar-refractivity contribution >= 4 is 39.9 Å². The average Bonchev–Trinajstić information content (AvgIpc) is 3.31. The summed E-state index contributed by atoms with van der Waals surface area (Å²) in [4.78, 5) is 24.4. The molecule has 1 N–H and O–H groups in total. The van der Waals surface area contributed by atoms with E-state index < -0.39 is 0 Å². The molecule has 0 spiro atoms. The number of nitrogens with zero attached hydrogens (tertiary/aromatic N) is 3. The highest BCUT2D eigenvalue weighted by Crippen LogP contribution is 2.32. The summed E-state index contributed by atoms with van der Waals surface area (Å²) in [7, 11) is 0. The number of Topliss-reactive ketones (excluding diaryl/α,β-unsaturated/α-hetero) is 1. The Labute approximate surface area is 213 Å². The van der Waals surface area contributed by atoms with Gasteiger partial charge < -0.3 is 5.32 Å². The van der Waals surface area contributed by atoms with Crippen LogP contribution in [0, 0.1) is 6.92 Å². The van der Waals surface area contributed by atoms with E-state index >= 15 is 0 Å². The molecule has 7 heteroatoms. The van der Waals surface area contributed by atoms with Gasteiger partial charge in [0.15, 0.2) is 16.8 Å². The maximum Gasteiger partial charge on any atom is 0.234 e. The van der Waals surface area contributed by atoms with Gasteiger partial charge in [0.05, 0.1) is 11.4 Å². The van der Waals surface area contributed by atoms with Crippen molar-refractivity contribution in [2.75, 3.05) is 11.1 Å². The Morgan fingerprint density at radius 2 is 1.64 bits per heavy atom. The molecule has 0 radical (unpaired) electrons. The summed E-state index contributed by atoms with van der Waals surface area (Å²) in [6.07, 6.45) is 0. The lowest BCUT2D eigenvalue weighted by atomic mass is 10.1. The number of carbonyl (C=O) groups is 2. The number of amides is 1. The molecule has 0 bridgehead atoms. The van der Waals surface area contributed by atoms with Gasteiger partial charge in [-0.25, -0.2) is 0 Å². The van der Waals surface area contributed by atoms with E-state index in [1.54, 1.807) is 24.3 Å². The minimum absolute atomic E-state index is 0.0488. The summed E-state index contributed by atoms with van der Waals surface area (Å²) in [6.45, 7) is 3.55. The molecular weight excluding hydrogens is 468 g/mol. The van der Waals surface area contributed by atoms with Gasteiger partial charge in [-0.3, -0.25) is 14.2 Å². The zero-order valence-corrected chi connectivity index (χ0v) is 20.8. The summed E-state index contributed by atoms with van der Waals surface area (Å²) in [5.41, 5.74) is 4.20. The molecular formula is C29H24N4O2S. The van der Waals surface area contributed by atoms with Crippen LogP contribution in [-0.2, 0) is 4.79 Å². The Hall–Kier alpha value is -4.23. The third kappa shape index (κ3) is 4.92. The number of anilines is 1. The van der Waals surface area contributed by atoms with Crippen LogP contribution in [-0.4, -0.2) is 32.2 Å². The summed E-state index contributed by atoms with van der Waals surface area (Å²) < 4.78 is 2.02. The van der Waals surface area contributed by atoms with Gasteiger partial charge in [0.1, 0.15) is 0 Å². The average molecular weight is 493 g/mol. The van der Waals surface area contributed by atoms with Crippen molar-refractivity contribution in [1.29, 1.82) is 0 Å². The molecule has 5 aromatic rings. The number of thioether (sulfide) groups is 1. The van der Waals surface area contributed by atoms with Gasteiger partial charge in [0.2, 0.25) is 5.91 Å². The number of hydrogen-bond donors (Lipinski definition) is 1. The summed E-state index contributed by atoms with van der Waals surface area (Å²) >= 11 is 1.32. The Morgan fingerprint density at radius 3 is 2.44 bits per heavy atom. The fraction of sp³-hybridized carbons (Fsp3) is 0.103. The van der Waals surface area contributed by atoms with E-state index in [0.29, 0.717) is 22.2 Å². The molecule has 0 aliphatic rings. The van der Waals surface area contributed by atoms with Crippen molar-refractivity contribution < 1.29 is 9.59 Å². The van der Waals surface area contributed by atoms with Gasteiger partial charge >= 0.3 is 0 Å². The molecule has 0 aliphatic heterocycles. The Kier molecular flexibility index (Phi) is 6.64. The lowest BCUT2D eigenvalue weighted by molar-refractivity contribution is -0.113. The number of fused-ring (bicyclic) bond motifs is 1. The molecule has 5 rings (SSSR count). The maximum absolute atomic E-state index is 12.8. The third-order valence-corrected chi connectivity index (χ3v) is 6.76. The monoisotopic (exact) mass is 492 g/mol. The van der Waals surface area contributed by atoms with Crippen molar-refractivity contribution in [2.45, 2.75) is 19.0 Å². The van der Waals surface area contributed by atoms with Gasteiger partial charge in [0, 0.05) is 22.2 Å². The summed E-state index contributed by atoms with van der Waals surface area (Å²) in [6, 6.07) is 29.4. The predicted molar refractivity (Wildman–Crippen MR) is 145 cm³/mol. The van der Waals surface area contributed by atoms with Crippen molar-refractivity contribution in [1.82, 2.24) is 14.8 Å². The molecule has 178 valence electrons. The molecule has 1 amide bonds. The van der Waals surface area contributed by atoms with Gasteiger partial charge in [0.25, 0.3) is 0 Å². The number of hydrogen-bond acceptors (Lipinski definition) is 5. The first-order valence-electron chi connectivity index (χ1n) is 11.5. The topological polar surface area (TPSA) is 76.9 Å². The SMILES string of the molecule is CC(=O)c1cccc(NC(=O)CSc2nnc(-c3ccc(C)cc3)n2-c2cccc3ccccc23)c1. The van der Waals surface area contributed by atoms with E-state index in [1.165, 1.54) is 18.7 Å². The van der Waals surface area contributed by atoms with E-state index in [1.807, 2.05) is 60.0 Å². The van der Waals surface area contributed by atoms with E-state index in [0.717, 1.165) is 27.6 Å². The lowest BCUT2D eigenvalue weighted by Crippen LogP contribution is -2.15. The molecule has 0 saturated carbocycles. The Morgan fingerprint density at radius 1 is 0.889 bits per heavy atom.